The molecule has 1 heterocycles. The van der Waals surface area contributed by atoms with Crippen LogP contribution < -0.4 is 0 Å². The summed E-state index contributed by atoms with van der Waals surface area (Å²) < 4.78 is 77.6. The van der Waals surface area contributed by atoms with Gasteiger partial charge in [-0.15, -0.1) is 0 Å². The van der Waals surface area contributed by atoms with Gasteiger partial charge >= 0.3 is 6.18 Å². The third-order valence-corrected chi connectivity index (χ3v) is 8.01. The van der Waals surface area contributed by atoms with Crippen molar-refractivity contribution >= 4 is 9.84 Å². The topological polar surface area (TPSA) is 57.6 Å². The van der Waals surface area contributed by atoms with Crippen LogP contribution in [-0.2, 0) is 21.8 Å². The van der Waals surface area contributed by atoms with Crippen LogP contribution in [-0.4, -0.2) is 50.0 Å². The van der Waals surface area contributed by atoms with Crippen LogP contribution in [0.3, 0.4) is 0 Å². The molecule has 1 saturated heterocycles. The molecule has 182 valence electrons. The Bertz CT molecular complexity index is 1070. The average molecular weight is 488 g/mol. The summed E-state index contributed by atoms with van der Waals surface area (Å²) >= 11 is 0. The summed E-state index contributed by atoms with van der Waals surface area (Å²) in [4.78, 5) is 2.08. The summed E-state index contributed by atoms with van der Waals surface area (Å²) in [6.07, 6.45) is -5.61. The molecular weight excluding hydrogens is 458 g/mol. The quantitative estimate of drug-likeness (QED) is 0.575. The smallest absolute Gasteiger partial charge is 0.383 e. The number of benzene rings is 2. The molecular formula is C24H29F4NO3S. The highest BCUT2D eigenvalue weighted by Crippen LogP contribution is 2.47. The van der Waals surface area contributed by atoms with Crippen molar-refractivity contribution in [1.82, 2.24) is 4.90 Å². The van der Waals surface area contributed by atoms with Crippen molar-refractivity contribution in [2.75, 3.05) is 19.3 Å². The lowest BCUT2D eigenvalue weighted by Gasteiger charge is -2.40. The maximum Gasteiger partial charge on any atom is 0.414 e. The van der Waals surface area contributed by atoms with Gasteiger partial charge in [-0.3, -0.25) is 4.90 Å². The molecule has 4 nitrogen and oxygen atoms in total. The molecule has 1 aliphatic rings. The second-order valence-electron chi connectivity index (χ2n) is 9.46. The average Bonchev–Trinajstić information content (AvgIpc) is 3.18. The SMILES string of the molecule is CC(C)(c1ccc(S(C)(=O)=O)cc1)N1CC[C@@](CCc2ccc(F)cc2)(C(O)C(F)(F)F)C1. The molecule has 2 atom stereocenters. The van der Waals surface area contributed by atoms with E-state index in [1.165, 1.54) is 24.3 Å². The molecule has 0 saturated carbocycles. The largest absolute Gasteiger partial charge is 0.414 e. The van der Waals surface area contributed by atoms with Gasteiger partial charge in [-0.1, -0.05) is 24.3 Å². The molecule has 2 aromatic carbocycles. The van der Waals surface area contributed by atoms with Gasteiger partial charge in [0.15, 0.2) is 15.9 Å². The first kappa shape index (κ1) is 25.6. The van der Waals surface area contributed by atoms with E-state index in [0.29, 0.717) is 12.1 Å². The van der Waals surface area contributed by atoms with E-state index < -0.39 is 38.9 Å². The second kappa shape index (κ2) is 9.00. The highest BCUT2D eigenvalue weighted by atomic mass is 32.2. The number of likely N-dealkylation sites (tertiary alicyclic amines) is 1. The molecule has 1 fully saturated rings. The van der Waals surface area contributed by atoms with Gasteiger partial charge in [0, 0.05) is 23.8 Å². The number of rotatable bonds is 7. The van der Waals surface area contributed by atoms with Crippen molar-refractivity contribution in [3.8, 4) is 0 Å². The van der Waals surface area contributed by atoms with Crippen LogP contribution in [0.4, 0.5) is 17.6 Å². The standard InChI is InChI=1S/C24H29F4NO3S/c1-22(2,18-6-10-20(11-7-18)33(3,31)32)29-15-14-23(16-29,21(30)24(26,27)28)13-12-17-4-8-19(25)9-5-17/h4-11,21,30H,12-16H2,1-3H3/t21?,23-/m1/s1. The monoisotopic (exact) mass is 487 g/mol. The van der Waals surface area contributed by atoms with Gasteiger partial charge in [-0.2, -0.15) is 13.2 Å². The number of hydrogen-bond donors (Lipinski definition) is 1. The minimum atomic E-state index is -4.76. The molecule has 1 N–H and O–H groups in total. The lowest BCUT2D eigenvalue weighted by Crippen LogP contribution is -2.49. The molecule has 0 spiro atoms. The Morgan fingerprint density at radius 1 is 1.06 bits per heavy atom. The van der Waals surface area contributed by atoms with Crippen LogP contribution >= 0.6 is 0 Å². The number of nitrogens with zero attached hydrogens (tertiary/aromatic N) is 1. The van der Waals surface area contributed by atoms with Crippen LogP contribution in [0.2, 0.25) is 0 Å². The minimum absolute atomic E-state index is 0.0235. The number of aliphatic hydroxyl groups excluding tert-OH is 1. The van der Waals surface area contributed by atoms with Crippen molar-refractivity contribution in [2.24, 2.45) is 5.41 Å². The lowest BCUT2D eigenvalue weighted by atomic mass is 9.75. The van der Waals surface area contributed by atoms with Crippen LogP contribution in [0.15, 0.2) is 53.4 Å². The number of aryl methyl sites for hydroxylation is 1. The highest BCUT2D eigenvalue weighted by Gasteiger charge is 2.56. The minimum Gasteiger partial charge on any atom is -0.383 e. The van der Waals surface area contributed by atoms with Crippen molar-refractivity contribution in [3.63, 3.8) is 0 Å². The normalized spacial score (nSPS) is 21.3. The van der Waals surface area contributed by atoms with Gasteiger partial charge < -0.3 is 5.11 Å². The third kappa shape index (κ3) is 5.58. The van der Waals surface area contributed by atoms with Crippen molar-refractivity contribution < 1.29 is 31.1 Å². The summed E-state index contributed by atoms with van der Waals surface area (Å²) in [5.41, 5.74) is -0.611. The zero-order chi connectivity index (χ0) is 24.7. The van der Waals surface area contributed by atoms with E-state index in [2.05, 4.69) is 0 Å². The summed E-state index contributed by atoms with van der Waals surface area (Å²) in [6, 6.07) is 12.0. The van der Waals surface area contributed by atoms with Gasteiger partial charge in [0.05, 0.1) is 4.90 Å². The molecule has 0 amide bonds. The number of sulfone groups is 1. The van der Waals surface area contributed by atoms with E-state index in [9.17, 15) is 31.1 Å². The summed E-state index contributed by atoms with van der Waals surface area (Å²) in [7, 11) is -3.36. The van der Waals surface area contributed by atoms with E-state index in [1.54, 1.807) is 24.3 Å². The fourth-order valence-corrected chi connectivity index (χ4v) is 5.25. The lowest BCUT2D eigenvalue weighted by molar-refractivity contribution is -0.239. The fourth-order valence-electron chi connectivity index (χ4n) is 4.62. The maximum absolute atomic E-state index is 13.7. The van der Waals surface area contributed by atoms with E-state index in [1.807, 2.05) is 18.7 Å². The first-order valence-electron chi connectivity index (χ1n) is 10.7. The van der Waals surface area contributed by atoms with Crippen LogP contribution in [0.5, 0.6) is 0 Å². The first-order valence-corrected chi connectivity index (χ1v) is 12.6. The van der Waals surface area contributed by atoms with Crippen molar-refractivity contribution in [3.05, 3.63) is 65.5 Å². The van der Waals surface area contributed by atoms with Gasteiger partial charge in [0.25, 0.3) is 0 Å². The second-order valence-corrected chi connectivity index (χ2v) is 11.5. The maximum atomic E-state index is 13.7. The van der Waals surface area contributed by atoms with E-state index in [0.717, 1.165) is 11.8 Å². The predicted octanol–water partition coefficient (Wildman–Crippen LogP) is 4.71. The predicted molar refractivity (Wildman–Crippen MR) is 118 cm³/mol. The zero-order valence-electron chi connectivity index (χ0n) is 18.9. The number of hydrogen-bond acceptors (Lipinski definition) is 4. The Balaban J connectivity index is 1.85. The molecule has 0 aromatic heterocycles. The van der Waals surface area contributed by atoms with Crippen molar-refractivity contribution in [1.29, 1.82) is 0 Å². The molecule has 9 heteroatoms. The summed E-state index contributed by atoms with van der Waals surface area (Å²) in [5, 5.41) is 10.4. The highest BCUT2D eigenvalue weighted by molar-refractivity contribution is 7.90. The van der Waals surface area contributed by atoms with Crippen molar-refractivity contribution in [2.45, 2.75) is 55.8 Å². The van der Waals surface area contributed by atoms with Gasteiger partial charge in [0.1, 0.15) is 5.82 Å². The molecule has 0 aliphatic carbocycles. The molecule has 1 aliphatic heterocycles. The third-order valence-electron chi connectivity index (χ3n) is 6.88. The first-order chi connectivity index (χ1) is 15.1. The Morgan fingerprint density at radius 2 is 1.64 bits per heavy atom. The summed E-state index contributed by atoms with van der Waals surface area (Å²) in [6.45, 7) is 4.12. The van der Waals surface area contributed by atoms with Crippen LogP contribution in [0.1, 0.15) is 37.8 Å². The molecule has 0 radical (unpaired) electrons. The molecule has 1 unspecified atom stereocenters. The van der Waals surface area contributed by atoms with Crippen LogP contribution in [0, 0.1) is 11.2 Å². The van der Waals surface area contributed by atoms with Gasteiger partial charge in [-0.25, -0.2) is 12.8 Å². The summed E-state index contributed by atoms with van der Waals surface area (Å²) in [5.74, 6) is -0.417. The van der Waals surface area contributed by atoms with E-state index >= 15 is 0 Å². The number of halogens is 4. The number of alkyl halides is 3. The molecule has 2 aromatic rings. The Kier molecular flexibility index (Phi) is 6.99. The molecule has 0 bridgehead atoms. The fraction of sp³-hybridized carbons (Fsp3) is 0.500. The molecule has 33 heavy (non-hydrogen) atoms. The molecule has 3 rings (SSSR count). The van der Waals surface area contributed by atoms with E-state index in [4.69, 9.17) is 0 Å². The Morgan fingerprint density at radius 3 is 2.15 bits per heavy atom. The van der Waals surface area contributed by atoms with E-state index in [-0.39, 0.29) is 30.7 Å². The Hall–Kier alpha value is -1.97. The van der Waals surface area contributed by atoms with Gasteiger partial charge in [0.2, 0.25) is 0 Å². The Labute approximate surface area is 192 Å². The van der Waals surface area contributed by atoms with Crippen LogP contribution in [0.25, 0.3) is 0 Å². The number of aliphatic hydroxyl groups is 1. The van der Waals surface area contributed by atoms with Gasteiger partial charge in [-0.05, 0) is 75.0 Å². The zero-order valence-corrected chi connectivity index (χ0v) is 19.7.